The molecule has 1 N–H and O–H groups in total. The zero-order chi connectivity index (χ0) is 27.7. The number of hydrogen-bond donors (Lipinski definition) is 1. The lowest BCUT2D eigenvalue weighted by Gasteiger charge is -2.32. The monoisotopic (exact) mass is 559 g/mol. The van der Waals surface area contributed by atoms with E-state index in [1.165, 1.54) is 23.1 Å². The predicted octanol–water partition coefficient (Wildman–Crippen LogP) is 4.66. The van der Waals surface area contributed by atoms with Crippen LogP contribution in [0.3, 0.4) is 0 Å². The molecule has 0 aliphatic rings. The Kier molecular flexibility index (Phi) is 10.3. The summed E-state index contributed by atoms with van der Waals surface area (Å²) in [6.45, 7) is 3.56. The molecule has 3 aromatic rings. The van der Waals surface area contributed by atoms with E-state index >= 15 is 0 Å². The van der Waals surface area contributed by atoms with E-state index in [0.717, 1.165) is 28.4 Å². The lowest BCUT2D eigenvalue weighted by atomic mass is 10.1. The zero-order valence-electron chi connectivity index (χ0n) is 21.3. The zero-order valence-corrected chi connectivity index (χ0v) is 22.9. The van der Waals surface area contributed by atoms with Crippen LogP contribution in [0.25, 0.3) is 0 Å². The highest BCUT2D eigenvalue weighted by molar-refractivity contribution is 7.92. The smallest absolute Gasteiger partial charge is 0.264 e. The lowest BCUT2D eigenvalue weighted by molar-refractivity contribution is -0.138. The maximum atomic E-state index is 13.9. The van der Waals surface area contributed by atoms with Crippen molar-refractivity contribution in [3.63, 3.8) is 0 Å². The van der Waals surface area contributed by atoms with Crippen molar-refractivity contribution >= 4 is 39.1 Å². The van der Waals surface area contributed by atoms with Gasteiger partial charge in [-0.3, -0.25) is 13.9 Å². The van der Waals surface area contributed by atoms with E-state index in [9.17, 15) is 22.4 Å². The van der Waals surface area contributed by atoms with Gasteiger partial charge in [0.25, 0.3) is 10.0 Å². The van der Waals surface area contributed by atoms with E-state index in [2.05, 4.69) is 5.32 Å². The number of halogens is 2. The number of carbonyl (C=O) groups is 2. The van der Waals surface area contributed by atoms with Crippen LogP contribution in [0.4, 0.5) is 10.1 Å². The van der Waals surface area contributed by atoms with Gasteiger partial charge >= 0.3 is 0 Å². The quantitative estimate of drug-likeness (QED) is 0.350. The van der Waals surface area contributed by atoms with Crippen molar-refractivity contribution in [2.45, 2.75) is 37.6 Å². The summed E-state index contributed by atoms with van der Waals surface area (Å²) in [6.07, 6.45) is 1.19. The summed E-state index contributed by atoms with van der Waals surface area (Å²) in [7, 11) is -4.24. The van der Waals surface area contributed by atoms with E-state index in [1.807, 2.05) is 37.3 Å². The van der Waals surface area contributed by atoms with Crippen molar-refractivity contribution in [3.05, 3.63) is 95.3 Å². The number of nitrogens with one attached hydrogen (secondary N) is 1. The van der Waals surface area contributed by atoms with E-state index in [4.69, 9.17) is 11.6 Å². The molecule has 0 bridgehead atoms. The third-order valence-electron chi connectivity index (χ3n) is 6.00. The summed E-state index contributed by atoms with van der Waals surface area (Å²) in [4.78, 5) is 27.9. The Morgan fingerprint density at radius 3 is 2.24 bits per heavy atom. The average molecular weight is 560 g/mol. The molecule has 0 heterocycles. The van der Waals surface area contributed by atoms with Crippen molar-refractivity contribution in [3.8, 4) is 0 Å². The molecule has 7 nitrogen and oxygen atoms in total. The van der Waals surface area contributed by atoms with Crippen molar-refractivity contribution in [2.75, 3.05) is 23.9 Å². The second-order valence-corrected chi connectivity index (χ2v) is 11.0. The highest BCUT2D eigenvalue weighted by atomic mass is 35.5. The summed E-state index contributed by atoms with van der Waals surface area (Å²) < 4.78 is 42.1. The first-order valence-corrected chi connectivity index (χ1v) is 14.1. The Labute approximate surface area is 228 Å². The van der Waals surface area contributed by atoms with Gasteiger partial charge in [-0.2, -0.15) is 0 Å². The van der Waals surface area contributed by atoms with E-state index in [1.54, 1.807) is 25.1 Å². The number of nitrogens with zero attached hydrogens (tertiary/aromatic N) is 2. The summed E-state index contributed by atoms with van der Waals surface area (Å²) in [5, 5.41) is 2.52. The van der Waals surface area contributed by atoms with Gasteiger partial charge < -0.3 is 10.2 Å². The van der Waals surface area contributed by atoms with Crippen LogP contribution in [0.1, 0.15) is 25.8 Å². The third-order valence-corrected chi connectivity index (χ3v) is 8.08. The number of anilines is 1. The fraction of sp³-hybridized carbons (Fsp3) is 0.286. The molecule has 1 atom stereocenters. The molecule has 10 heteroatoms. The Hall–Kier alpha value is -3.43. The van der Waals surface area contributed by atoms with Crippen LogP contribution in [0.5, 0.6) is 0 Å². The van der Waals surface area contributed by atoms with Crippen LogP contribution >= 0.6 is 11.6 Å². The van der Waals surface area contributed by atoms with Gasteiger partial charge in [0, 0.05) is 13.1 Å². The minimum Gasteiger partial charge on any atom is -0.354 e. The molecular weight excluding hydrogens is 529 g/mol. The third kappa shape index (κ3) is 7.33. The maximum Gasteiger partial charge on any atom is 0.264 e. The summed E-state index contributed by atoms with van der Waals surface area (Å²) in [5.41, 5.74) is 0.991. The SMILES string of the molecule is CCCNC(=O)C(C)N(CCc1ccccc1)C(=O)CN(c1ccc(F)c(Cl)c1)S(=O)(=O)c1ccccc1. The van der Waals surface area contributed by atoms with Crippen molar-refractivity contribution in [1.29, 1.82) is 0 Å². The minimum atomic E-state index is -4.24. The van der Waals surface area contributed by atoms with Gasteiger partial charge in [0.1, 0.15) is 18.4 Å². The Morgan fingerprint density at radius 1 is 1.00 bits per heavy atom. The molecule has 0 fully saturated rings. The predicted molar refractivity (Wildman–Crippen MR) is 147 cm³/mol. The number of rotatable bonds is 12. The van der Waals surface area contributed by atoms with Crippen LogP contribution < -0.4 is 9.62 Å². The first-order chi connectivity index (χ1) is 18.1. The standard InChI is InChI=1S/C28H31ClFN3O4S/c1-3-17-31-28(35)21(2)32(18-16-22-10-6-4-7-11-22)27(34)20-33(23-14-15-26(30)25(29)19-23)38(36,37)24-12-8-5-9-13-24/h4-15,19,21H,3,16-18,20H2,1-2H3,(H,31,35). The molecule has 1 unspecified atom stereocenters. The first-order valence-electron chi connectivity index (χ1n) is 12.3. The second-order valence-electron chi connectivity index (χ2n) is 8.71. The van der Waals surface area contributed by atoms with Crippen LogP contribution in [-0.2, 0) is 26.0 Å². The maximum absolute atomic E-state index is 13.9. The van der Waals surface area contributed by atoms with Crippen LogP contribution in [0, 0.1) is 5.82 Å². The molecule has 0 spiro atoms. The fourth-order valence-electron chi connectivity index (χ4n) is 3.85. The van der Waals surface area contributed by atoms with Gasteiger partial charge in [0.2, 0.25) is 11.8 Å². The highest BCUT2D eigenvalue weighted by Gasteiger charge is 2.32. The highest BCUT2D eigenvalue weighted by Crippen LogP contribution is 2.28. The molecule has 0 saturated heterocycles. The molecule has 0 aliphatic carbocycles. The normalized spacial score (nSPS) is 12.0. The first kappa shape index (κ1) is 29.1. The largest absolute Gasteiger partial charge is 0.354 e. The molecule has 0 aromatic heterocycles. The van der Waals surface area contributed by atoms with Gasteiger partial charge in [-0.1, -0.05) is 67.1 Å². The van der Waals surface area contributed by atoms with Crippen LogP contribution in [0.2, 0.25) is 5.02 Å². The topological polar surface area (TPSA) is 86.8 Å². The molecular formula is C28H31ClFN3O4S. The molecule has 202 valence electrons. The van der Waals surface area contributed by atoms with Crippen molar-refractivity contribution in [1.82, 2.24) is 10.2 Å². The number of carbonyl (C=O) groups excluding carboxylic acids is 2. The fourth-order valence-corrected chi connectivity index (χ4v) is 5.46. The summed E-state index contributed by atoms with van der Waals surface area (Å²) >= 11 is 5.97. The van der Waals surface area contributed by atoms with Gasteiger partial charge in [-0.15, -0.1) is 0 Å². The summed E-state index contributed by atoms with van der Waals surface area (Å²) in [6, 6.07) is 19.7. The van der Waals surface area contributed by atoms with E-state index in [-0.39, 0.29) is 28.1 Å². The Morgan fingerprint density at radius 2 is 1.63 bits per heavy atom. The molecule has 3 rings (SSSR count). The van der Waals surface area contributed by atoms with Crippen LogP contribution in [0.15, 0.2) is 83.8 Å². The Balaban J connectivity index is 1.97. The lowest BCUT2D eigenvalue weighted by Crippen LogP contribution is -2.52. The number of amides is 2. The number of sulfonamides is 1. The van der Waals surface area contributed by atoms with Crippen molar-refractivity contribution in [2.24, 2.45) is 0 Å². The average Bonchev–Trinajstić information content (AvgIpc) is 2.92. The van der Waals surface area contributed by atoms with Crippen LogP contribution in [-0.4, -0.2) is 50.8 Å². The van der Waals surface area contributed by atoms with Gasteiger partial charge in [0.05, 0.1) is 15.6 Å². The molecule has 0 aliphatic heterocycles. The van der Waals surface area contributed by atoms with Gasteiger partial charge in [0.15, 0.2) is 0 Å². The van der Waals surface area contributed by atoms with E-state index in [0.29, 0.717) is 13.0 Å². The minimum absolute atomic E-state index is 0.0275. The Bertz CT molecular complexity index is 1340. The molecule has 3 aromatic carbocycles. The number of hydrogen-bond acceptors (Lipinski definition) is 4. The van der Waals surface area contributed by atoms with Gasteiger partial charge in [-0.25, -0.2) is 12.8 Å². The summed E-state index contributed by atoms with van der Waals surface area (Å²) in [5.74, 6) is -1.64. The molecule has 38 heavy (non-hydrogen) atoms. The molecule has 2 amide bonds. The second kappa shape index (κ2) is 13.4. The molecule has 0 saturated carbocycles. The molecule has 0 radical (unpaired) electrons. The number of benzene rings is 3. The van der Waals surface area contributed by atoms with E-state index < -0.39 is 34.3 Å². The van der Waals surface area contributed by atoms with Crippen molar-refractivity contribution < 1.29 is 22.4 Å². The van der Waals surface area contributed by atoms with Gasteiger partial charge in [-0.05, 0) is 55.7 Å².